The number of halogens is 3. The lowest BCUT2D eigenvalue weighted by atomic mass is 9.83. The molecule has 0 amide bonds. The van der Waals surface area contributed by atoms with E-state index in [1.165, 1.54) is 11.8 Å². The third kappa shape index (κ3) is 9.14. The van der Waals surface area contributed by atoms with Gasteiger partial charge in [-0.3, -0.25) is 0 Å². The van der Waals surface area contributed by atoms with Gasteiger partial charge in [-0.15, -0.1) is 0 Å². The number of carbonyl (C=O) groups is 1. The Balaban J connectivity index is 0.000000423. The fourth-order valence-electron chi connectivity index (χ4n) is 3.89. The van der Waals surface area contributed by atoms with E-state index in [4.69, 9.17) is 14.6 Å². The molecule has 11 heteroatoms. The Kier molecular flexibility index (Phi) is 9.28. The van der Waals surface area contributed by atoms with Gasteiger partial charge in [-0.2, -0.15) is 13.2 Å². The number of sulfonamides is 1. The topological polar surface area (TPSA) is 105 Å². The number of hydrogen-bond donors (Lipinski definition) is 3. The minimum absolute atomic E-state index is 0.0549. The van der Waals surface area contributed by atoms with Gasteiger partial charge < -0.3 is 15.2 Å². The van der Waals surface area contributed by atoms with Crippen molar-refractivity contribution in [2.75, 3.05) is 19.4 Å². The van der Waals surface area contributed by atoms with E-state index in [1.54, 1.807) is 0 Å². The van der Waals surface area contributed by atoms with Crippen molar-refractivity contribution in [3.63, 3.8) is 0 Å². The minimum atomic E-state index is -5.08. The standard InChI is InChI=1S/C18H28N2O3S.C2HF3O2/c1-24(21,22)20-17-11-12-19-18(17)13-23-16-9-7-15(8-10-16)14-5-3-2-4-6-14;3-2(4,5)1(6)7/h2-6,15-20H,7-13H2,1H3;(H,6,7)/t15?,16?,17-,18-;/m0./s1. The molecule has 31 heavy (non-hydrogen) atoms. The van der Waals surface area contributed by atoms with Crippen LogP contribution in [0.5, 0.6) is 0 Å². The highest BCUT2D eigenvalue weighted by Gasteiger charge is 2.38. The minimum Gasteiger partial charge on any atom is -0.475 e. The summed E-state index contributed by atoms with van der Waals surface area (Å²) in [6.45, 7) is 1.41. The molecule has 2 aliphatic rings. The summed E-state index contributed by atoms with van der Waals surface area (Å²) < 4.78 is 63.4. The fraction of sp³-hybridized carbons (Fsp3) is 0.650. The molecule has 3 rings (SSSR count). The second kappa shape index (κ2) is 11.3. The zero-order valence-electron chi connectivity index (χ0n) is 17.3. The first-order valence-electron chi connectivity index (χ1n) is 10.1. The largest absolute Gasteiger partial charge is 0.490 e. The number of carboxylic acids is 1. The Morgan fingerprint density at radius 2 is 1.74 bits per heavy atom. The van der Waals surface area contributed by atoms with E-state index in [-0.39, 0.29) is 12.1 Å². The van der Waals surface area contributed by atoms with Crippen LogP contribution in [0.4, 0.5) is 13.2 Å². The fourth-order valence-corrected chi connectivity index (χ4v) is 4.72. The first kappa shape index (κ1) is 25.6. The van der Waals surface area contributed by atoms with Gasteiger partial charge in [0.15, 0.2) is 0 Å². The lowest BCUT2D eigenvalue weighted by Gasteiger charge is -2.30. The molecule has 176 valence electrons. The van der Waals surface area contributed by atoms with Crippen LogP contribution < -0.4 is 10.0 Å². The third-order valence-corrected chi connectivity index (χ3v) is 6.14. The van der Waals surface area contributed by atoms with E-state index in [9.17, 15) is 21.6 Å². The highest BCUT2D eigenvalue weighted by Crippen LogP contribution is 2.34. The number of ether oxygens (including phenoxy) is 1. The molecule has 2 fully saturated rings. The molecule has 1 aromatic carbocycles. The lowest BCUT2D eigenvalue weighted by Crippen LogP contribution is -2.46. The highest BCUT2D eigenvalue weighted by molar-refractivity contribution is 7.88. The SMILES string of the molecule is CS(=O)(=O)N[C@H]1CCN[C@H]1COC1CCC(c2ccccc2)CC1.O=C(O)C(F)(F)F. The quantitative estimate of drug-likeness (QED) is 0.596. The van der Waals surface area contributed by atoms with E-state index in [0.29, 0.717) is 18.6 Å². The molecule has 2 atom stereocenters. The van der Waals surface area contributed by atoms with Crippen LogP contribution in [-0.4, -0.2) is 63.3 Å². The molecule has 1 aliphatic heterocycles. The molecule has 0 radical (unpaired) electrons. The van der Waals surface area contributed by atoms with Gasteiger partial charge >= 0.3 is 12.1 Å². The summed E-state index contributed by atoms with van der Waals surface area (Å²) in [4.78, 5) is 8.90. The molecule has 1 saturated heterocycles. The molecule has 0 bridgehead atoms. The zero-order chi connectivity index (χ0) is 23.1. The molecule has 0 spiro atoms. The van der Waals surface area contributed by atoms with Crippen molar-refractivity contribution in [2.45, 2.75) is 62.4 Å². The van der Waals surface area contributed by atoms with Crippen LogP contribution in [0.3, 0.4) is 0 Å². The number of hydrogen-bond acceptors (Lipinski definition) is 5. The summed E-state index contributed by atoms with van der Waals surface area (Å²) in [5, 5.41) is 10.5. The number of carboxylic acid groups (broad SMARTS) is 1. The van der Waals surface area contributed by atoms with Gasteiger partial charge in [-0.1, -0.05) is 30.3 Å². The summed E-state index contributed by atoms with van der Waals surface area (Å²) in [7, 11) is -3.17. The monoisotopic (exact) mass is 466 g/mol. The van der Waals surface area contributed by atoms with Gasteiger partial charge in [-0.05, 0) is 50.1 Å². The molecular formula is C20H29F3N2O5S. The van der Waals surface area contributed by atoms with Crippen LogP contribution in [0.2, 0.25) is 0 Å². The highest BCUT2D eigenvalue weighted by atomic mass is 32.2. The Labute approximate surface area is 180 Å². The van der Waals surface area contributed by atoms with Crippen LogP contribution >= 0.6 is 0 Å². The number of alkyl halides is 3. The lowest BCUT2D eigenvalue weighted by molar-refractivity contribution is -0.192. The number of nitrogens with one attached hydrogen (secondary N) is 2. The van der Waals surface area contributed by atoms with Crippen molar-refractivity contribution in [3.05, 3.63) is 35.9 Å². The summed E-state index contributed by atoms with van der Waals surface area (Å²) in [5.74, 6) is -2.11. The maximum atomic E-state index is 11.4. The van der Waals surface area contributed by atoms with Crippen molar-refractivity contribution >= 4 is 16.0 Å². The van der Waals surface area contributed by atoms with Crippen LogP contribution in [0.25, 0.3) is 0 Å². The number of rotatable bonds is 6. The first-order chi connectivity index (χ1) is 14.5. The Morgan fingerprint density at radius 1 is 1.16 bits per heavy atom. The smallest absolute Gasteiger partial charge is 0.475 e. The van der Waals surface area contributed by atoms with Crippen molar-refractivity contribution in [1.29, 1.82) is 0 Å². The van der Waals surface area contributed by atoms with Gasteiger partial charge in [0.25, 0.3) is 0 Å². The van der Waals surface area contributed by atoms with E-state index in [1.807, 2.05) is 0 Å². The second-order valence-corrected chi connectivity index (χ2v) is 9.65. The van der Waals surface area contributed by atoms with E-state index < -0.39 is 22.2 Å². The van der Waals surface area contributed by atoms with E-state index >= 15 is 0 Å². The van der Waals surface area contributed by atoms with Gasteiger partial charge in [0.2, 0.25) is 10.0 Å². The summed E-state index contributed by atoms with van der Waals surface area (Å²) >= 11 is 0. The van der Waals surface area contributed by atoms with Crippen LogP contribution in [0, 0.1) is 0 Å². The van der Waals surface area contributed by atoms with Gasteiger partial charge in [-0.25, -0.2) is 17.9 Å². The number of aliphatic carboxylic acids is 1. The van der Waals surface area contributed by atoms with Crippen LogP contribution in [0.1, 0.15) is 43.6 Å². The van der Waals surface area contributed by atoms with Gasteiger partial charge in [0.1, 0.15) is 0 Å². The summed E-state index contributed by atoms with van der Waals surface area (Å²) in [5.41, 5.74) is 1.44. The van der Waals surface area contributed by atoms with Crippen LogP contribution in [0.15, 0.2) is 30.3 Å². The van der Waals surface area contributed by atoms with Crippen molar-refractivity contribution in [1.82, 2.24) is 10.0 Å². The van der Waals surface area contributed by atoms with Crippen molar-refractivity contribution in [2.24, 2.45) is 0 Å². The maximum absolute atomic E-state index is 11.4. The average molecular weight is 467 g/mol. The van der Waals surface area contributed by atoms with Crippen LogP contribution in [-0.2, 0) is 19.6 Å². The molecule has 1 saturated carbocycles. The molecule has 3 N–H and O–H groups in total. The molecule has 7 nitrogen and oxygen atoms in total. The summed E-state index contributed by atoms with van der Waals surface area (Å²) in [6, 6.07) is 10.7. The molecule has 0 aromatic heterocycles. The average Bonchev–Trinajstić information content (AvgIpc) is 3.12. The Hall–Kier alpha value is -1.69. The maximum Gasteiger partial charge on any atom is 0.490 e. The third-order valence-electron chi connectivity index (χ3n) is 5.41. The predicted octanol–water partition coefficient (Wildman–Crippen LogP) is 2.64. The van der Waals surface area contributed by atoms with Crippen molar-refractivity contribution in [3.8, 4) is 0 Å². The molecule has 1 heterocycles. The number of benzene rings is 1. The van der Waals surface area contributed by atoms with Gasteiger partial charge in [0, 0.05) is 12.1 Å². The zero-order valence-corrected chi connectivity index (χ0v) is 18.1. The van der Waals surface area contributed by atoms with E-state index in [0.717, 1.165) is 38.6 Å². The Morgan fingerprint density at radius 3 is 2.26 bits per heavy atom. The second-order valence-electron chi connectivity index (χ2n) is 7.87. The molecule has 1 aliphatic carbocycles. The molecule has 0 unspecified atom stereocenters. The molecular weight excluding hydrogens is 437 g/mol. The normalized spacial score (nSPS) is 26.7. The predicted molar refractivity (Wildman–Crippen MR) is 109 cm³/mol. The Bertz CT molecular complexity index is 797. The molecule has 1 aromatic rings. The van der Waals surface area contributed by atoms with E-state index in [2.05, 4.69) is 40.4 Å². The van der Waals surface area contributed by atoms with Crippen molar-refractivity contribution < 1.29 is 36.2 Å². The summed E-state index contributed by atoms with van der Waals surface area (Å²) in [6.07, 6.45) is 1.74. The first-order valence-corrected chi connectivity index (χ1v) is 12.0. The van der Waals surface area contributed by atoms with Gasteiger partial charge in [0.05, 0.1) is 19.0 Å².